The van der Waals surface area contributed by atoms with Crippen molar-refractivity contribution < 1.29 is 9.47 Å². The maximum absolute atomic E-state index is 8.70. The van der Waals surface area contributed by atoms with Gasteiger partial charge in [0.15, 0.2) is 0 Å². The zero-order valence-corrected chi connectivity index (χ0v) is 10.6. The molecule has 1 aliphatic heterocycles. The molecule has 1 unspecified atom stereocenters. The summed E-state index contributed by atoms with van der Waals surface area (Å²) in [4.78, 5) is 2.36. The van der Waals surface area contributed by atoms with E-state index in [4.69, 9.17) is 14.7 Å². The summed E-state index contributed by atoms with van der Waals surface area (Å²) in [5.41, 5.74) is 0.647. The first-order chi connectivity index (χ1) is 8.81. The van der Waals surface area contributed by atoms with Gasteiger partial charge in [0.1, 0.15) is 18.5 Å². The fourth-order valence-corrected chi connectivity index (χ4v) is 1.98. The topological polar surface area (TPSA) is 45.5 Å². The van der Waals surface area contributed by atoms with Gasteiger partial charge in [0.05, 0.1) is 18.2 Å². The number of nitrogens with zero attached hydrogens (tertiary/aromatic N) is 2. The smallest absolute Gasteiger partial charge is 0.119 e. The van der Waals surface area contributed by atoms with Crippen LogP contribution in [-0.2, 0) is 4.74 Å². The van der Waals surface area contributed by atoms with Gasteiger partial charge in [0, 0.05) is 13.1 Å². The predicted octanol–water partition coefficient (Wildman–Crippen LogP) is 1.66. The molecule has 4 nitrogen and oxygen atoms in total. The molecule has 0 bridgehead atoms. The molecule has 1 heterocycles. The Morgan fingerprint density at radius 2 is 2.22 bits per heavy atom. The number of morpholine rings is 1. The molecule has 0 saturated carbocycles. The monoisotopic (exact) mass is 246 g/mol. The minimum absolute atomic E-state index is 0.134. The molecule has 0 amide bonds. The standard InChI is InChI=1S/C14H18N2O2/c1-2-16-7-8-17-14(10-16)11-18-13-5-3-12(9-15)4-6-13/h3-6,14H,2,7-8,10-11H2,1H3. The highest BCUT2D eigenvalue weighted by atomic mass is 16.5. The highest BCUT2D eigenvalue weighted by molar-refractivity contribution is 5.34. The lowest BCUT2D eigenvalue weighted by Crippen LogP contribution is -2.44. The Bertz CT molecular complexity index is 411. The normalized spacial score (nSPS) is 20.3. The average Bonchev–Trinajstić information content (AvgIpc) is 2.46. The van der Waals surface area contributed by atoms with E-state index in [0.29, 0.717) is 12.2 Å². The predicted molar refractivity (Wildman–Crippen MR) is 68.5 cm³/mol. The third-order valence-corrected chi connectivity index (χ3v) is 3.09. The Hall–Kier alpha value is -1.57. The van der Waals surface area contributed by atoms with Crippen LogP contribution >= 0.6 is 0 Å². The minimum Gasteiger partial charge on any atom is -0.491 e. The van der Waals surface area contributed by atoms with Crippen LogP contribution in [0.4, 0.5) is 0 Å². The summed E-state index contributed by atoms with van der Waals surface area (Å²) in [6.07, 6.45) is 0.134. The van der Waals surface area contributed by atoms with Gasteiger partial charge in [0.2, 0.25) is 0 Å². The molecule has 4 heteroatoms. The van der Waals surface area contributed by atoms with Crippen molar-refractivity contribution in [2.45, 2.75) is 13.0 Å². The highest BCUT2D eigenvalue weighted by Crippen LogP contribution is 2.13. The summed E-state index contributed by atoms with van der Waals surface area (Å²) < 4.78 is 11.3. The molecule has 0 aromatic heterocycles. The van der Waals surface area contributed by atoms with E-state index in [1.807, 2.05) is 12.1 Å². The molecule has 1 atom stereocenters. The van der Waals surface area contributed by atoms with Crippen LogP contribution in [-0.4, -0.2) is 43.9 Å². The first kappa shape index (κ1) is 12.9. The van der Waals surface area contributed by atoms with Crippen molar-refractivity contribution in [1.82, 2.24) is 4.90 Å². The third kappa shape index (κ3) is 3.46. The first-order valence-corrected chi connectivity index (χ1v) is 6.28. The fraction of sp³-hybridized carbons (Fsp3) is 0.500. The second-order valence-corrected chi connectivity index (χ2v) is 4.33. The van der Waals surface area contributed by atoms with Crippen molar-refractivity contribution in [2.75, 3.05) is 32.8 Å². The van der Waals surface area contributed by atoms with Crippen LogP contribution < -0.4 is 4.74 Å². The molecule has 1 aromatic rings. The zero-order chi connectivity index (χ0) is 12.8. The van der Waals surface area contributed by atoms with Crippen molar-refractivity contribution in [3.8, 4) is 11.8 Å². The number of rotatable bonds is 4. The Morgan fingerprint density at radius 3 is 2.89 bits per heavy atom. The first-order valence-electron chi connectivity index (χ1n) is 6.28. The molecule has 1 fully saturated rings. The second-order valence-electron chi connectivity index (χ2n) is 4.33. The van der Waals surface area contributed by atoms with Gasteiger partial charge in [-0.05, 0) is 30.8 Å². The van der Waals surface area contributed by atoms with Crippen LogP contribution in [0.5, 0.6) is 5.75 Å². The average molecular weight is 246 g/mol. The molecule has 1 aromatic carbocycles. The Morgan fingerprint density at radius 1 is 1.44 bits per heavy atom. The maximum atomic E-state index is 8.70. The molecule has 18 heavy (non-hydrogen) atoms. The number of likely N-dealkylation sites (N-methyl/N-ethyl adjacent to an activating group) is 1. The molecule has 2 rings (SSSR count). The minimum atomic E-state index is 0.134. The van der Waals surface area contributed by atoms with Crippen LogP contribution in [0.25, 0.3) is 0 Å². The summed E-state index contributed by atoms with van der Waals surface area (Å²) in [6.45, 7) is 6.47. The SMILES string of the molecule is CCN1CCOC(COc2ccc(C#N)cc2)C1. The lowest BCUT2D eigenvalue weighted by molar-refractivity contribution is -0.0464. The largest absolute Gasteiger partial charge is 0.491 e. The zero-order valence-electron chi connectivity index (χ0n) is 10.6. The molecule has 0 radical (unpaired) electrons. The molecule has 0 aliphatic carbocycles. The molecule has 1 saturated heterocycles. The molecule has 0 spiro atoms. The van der Waals surface area contributed by atoms with E-state index >= 15 is 0 Å². The van der Waals surface area contributed by atoms with E-state index in [9.17, 15) is 0 Å². The fourth-order valence-electron chi connectivity index (χ4n) is 1.98. The van der Waals surface area contributed by atoms with Crippen LogP contribution in [0.2, 0.25) is 0 Å². The lowest BCUT2D eigenvalue weighted by Gasteiger charge is -2.31. The van der Waals surface area contributed by atoms with Crippen molar-refractivity contribution in [3.63, 3.8) is 0 Å². The summed E-state index contributed by atoms with van der Waals surface area (Å²) in [5.74, 6) is 0.784. The highest BCUT2D eigenvalue weighted by Gasteiger charge is 2.19. The molecular formula is C14H18N2O2. The van der Waals surface area contributed by atoms with Gasteiger partial charge in [-0.3, -0.25) is 4.90 Å². The summed E-state index contributed by atoms with van der Waals surface area (Å²) in [7, 11) is 0. The van der Waals surface area contributed by atoms with Crippen LogP contribution in [0.1, 0.15) is 12.5 Å². The summed E-state index contributed by atoms with van der Waals surface area (Å²) in [6, 6.07) is 9.24. The quantitative estimate of drug-likeness (QED) is 0.810. The Balaban J connectivity index is 1.81. The maximum Gasteiger partial charge on any atom is 0.119 e. The number of nitriles is 1. The number of benzene rings is 1. The number of ether oxygens (including phenoxy) is 2. The number of hydrogen-bond acceptors (Lipinski definition) is 4. The van der Waals surface area contributed by atoms with E-state index in [0.717, 1.165) is 32.0 Å². The molecular weight excluding hydrogens is 228 g/mol. The van der Waals surface area contributed by atoms with Crippen LogP contribution in [0.15, 0.2) is 24.3 Å². The van der Waals surface area contributed by atoms with Crippen LogP contribution in [0.3, 0.4) is 0 Å². The lowest BCUT2D eigenvalue weighted by atomic mass is 10.2. The van der Waals surface area contributed by atoms with Gasteiger partial charge in [-0.25, -0.2) is 0 Å². The number of hydrogen-bond donors (Lipinski definition) is 0. The Kier molecular flexibility index (Phi) is 4.57. The van der Waals surface area contributed by atoms with E-state index in [2.05, 4.69) is 17.9 Å². The van der Waals surface area contributed by atoms with Gasteiger partial charge in [-0.1, -0.05) is 6.92 Å². The van der Waals surface area contributed by atoms with E-state index in [1.165, 1.54) is 0 Å². The van der Waals surface area contributed by atoms with E-state index in [-0.39, 0.29) is 6.10 Å². The van der Waals surface area contributed by atoms with E-state index in [1.54, 1.807) is 12.1 Å². The van der Waals surface area contributed by atoms with Crippen LogP contribution in [0, 0.1) is 11.3 Å². The van der Waals surface area contributed by atoms with Crippen molar-refractivity contribution in [2.24, 2.45) is 0 Å². The van der Waals surface area contributed by atoms with Gasteiger partial charge in [0.25, 0.3) is 0 Å². The van der Waals surface area contributed by atoms with E-state index < -0.39 is 0 Å². The van der Waals surface area contributed by atoms with Gasteiger partial charge in [-0.15, -0.1) is 0 Å². The van der Waals surface area contributed by atoms with Gasteiger partial charge >= 0.3 is 0 Å². The molecule has 0 N–H and O–H groups in total. The molecule has 96 valence electrons. The Labute approximate surface area is 108 Å². The third-order valence-electron chi connectivity index (χ3n) is 3.09. The van der Waals surface area contributed by atoms with Crippen molar-refractivity contribution in [3.05, 3.63) is 29.8 Å². The van der Waals surface area contributed by atoms with Gasteiger partial charge in [-0.2, -0.15) is 5.26 Å². The van der Waals surface area contributed by atoms with Crippen molar-refractivity contribution >= 4 is 0 Å². The second kappa shape index (κ2) is 6.39. The van der Waals surface area contributed by atoms with Gasteiger partial charge < -0.3 is 9.47 Å². The summed E-state index contributed by atoms with van der Waals surface area (Å²) in [5, 5.41) is 8.70. The van der Waals surface area contributed by atoms with Crippen molar-refractivity contribution in [1.29, 1.82) is 5.26 Å². The molecule has 1 aliphatic rings. The summed E-state index contributed by atoms with van der Waals surface area (Å²) >= 11 is 0.